The summed E-state index contributed by atoms with van der Waals surface area (Å²) in [5, 5.41) is 2.67. The van der Waals surface area contributed by atoms with Gasteiger partial charge >= 0.3 is 5.69 Å². The number of aromatic nitrogens is 2. The first-order valence-corrected chi connectivity index (χ1v) is 5.54. The molecule has 0 unspecified atom stereocenters. The number of nitrogens with two attached hydrogens (primary N) is 2. The Kier molecular flexibility index (Phi) is 3.71. The standard InChI is InChI=1S/C12H15N5O/c13-11(14)15-10-6-7-17(12(18)16-10)8-9-4-2-1-3-5-9/h1-7,11H,8,13-14H2,(H,15,16,18). The Labute approximate surface area is 104 Å². The van der Waals surface area contributed by atoms with E-state index in [1.165, 1.54) is 4.57 Å². The average Bonchev–Trinajstić information content (AvgIpc) is 2.33. The van der Waals surface area contributed by atoms with E-state index in [1.54, 1.807) is 12.3 Å². The molecule has 5 N–H and O–H groups in total. The molecule has 0 saturated carbocycles. The number of nitrogens with one attached hydrogen (secondary N) is 1. The van der Waals surface area contributed by atoms with Gasteiger partial charge in [-0.2, -0.15) is 4.98 Å². The second kappa shape index (κ2) is 5.44. The minimum atomic E-state index is -0.734. The molecule has 6 heteroatoms. The fourth-order valence-corrected chi connectivity index (χ4v) is 1.58. The van der Waals surface area contributed by atoms with Gasteiger partial charge in [0.15, 0.2) is 0 Å². The highest BCUT2D eigenvalue weighted by Gasteiger charge is 2.02. The van der Waals surface area contributed by atoms with Crippen molar-refractivity contribution in [3.63, 3.8) is 0 Å². The third-order valence-corrected chi connectivity index (χ3v) is 2.38. The maximum absolute atomic E-state index is 11.8. The Morgan fingerprint density at radius 2 is 1.94 bits per heavy atom. The van der Waals surface area contributed by atoms with E-state index in [-0.39, 0.29) is 5.69 Å². The van der Waals surface area contributed by atoms with E-state index in [4.69, 9.17) is 11.5 Å². The molecule has 1 aromatic heterocycles. The molecule has 0 amide bonds. The van der Waals surface area contributed by atoms with Crippen molar-refractivity contribution in [2.75, 3.05) is 5.32 Å². The summed E-state index contributed by atoms with van der Waals surface area (Å²) < 4.78 is 1.52. The minimum absolute atomic E-state index is 0.343. The van der Waals surface area contributed by atoms with Crippen LogP contribution >= 0.6 is 0 Å². The summed E-state index contributed by atoms with van der Waals surface area (Å²) in [5.41, 5.74) is 11.4. The number of hydrogen-bond acceptors (Lipinski definition) is 5. The largest absolute Gasteiger partial charge is 0.349 e. The molecular weight excluding hydrogens is 230 g/mol. The van der Waals surface area contributed by atoms with Crippen LogP contribution in [0.4, 0.5) is 5.82 Å². The molecular formula is C12H15N5O. The van der Waals surface area contributed by atoms with Gasteiger partial charge in [0.05, 0.1) is 6.54 Å². The van der Waals surface area contributed by atoms with Crippen molar-refractivity contribution in [2.45, 2.75) is 12.8 Å². The maximum atomic E-state index is 11.8. The van der Waals surface area contributed by atoms with Crippen LogP contribution in [0.25, 0.3) is 0 Å². The zero-order valence-corrected chi connectivity index (χ0v) is 9.78. The molecule has 94 valence electrons. The van der Waals surface area contributed by atoms with E-state index >= 15 is 0 Å². The molecule has 0 saturated heterocycles. The normalized spacial score (nSPS) is 10.6. The maximum Gasteiger partial charge on any atom is 0.349 e. The average molecular weight is 245 g/mol. The summed E-state index contributed by atoms with van der Waals surface area (Å²) >= 11 is 0. The summed E-state index contributed by atoms with van der Waals surface area (Å²) in [7, 11) is 0. The number of rotatable bonds is 4. The highest BCUT2D eigenvalue weighted by Crippen LogP contribution is 2.02. The summed E-state index contributed by atoms with van der Waals surface area (Å²) in [6.07, 6.45) is 0.925. The molecule has 0 radical (unpaired) electrons. The highest BCUT2D eigenvalue weighted by atomic mass is 16.1. The summed E-state index contributed by atoms with van der Waals surface area (Å²) in [4.78, 5) is 15.6. The van der Waals surface area contributed by atoms with Crippen molar-refractivity contribution in [1.29, 1.82) is 0 Å². The molecule has 0 fully saturated rings. The molecule has 2 aromatic rings. The van der Waals surface area contributed by atoms with Crippen LogP contribution in [0.2, 0.25) is 0 Å². The first-order chi connectivity index (χ1) is 8.65. The predicted molar refractivity (Wildman–Crippen MR) is 69.8 cm³/mol. The zero-order valence-electron chi connectivity index (χ0n) is 9.78. The van der Waals surface area contributed by atoms with Crippen molar-refractivity contribution in [1.82, 2.24) is 9.55 Å². The molecule has 0 aliphatic carbocycles. The van der Waals surface area contributed by atoms with Crippen molar-refractivity contribution in [3.05, 3.63) is 58.6 Å². The fourth-order valence-electron chi connectivity index (χ4n) is 1.58. The van der Waals surface area contributed by atoms with E-state index in [2.05, 4.69) is 10.3 Å². The number of benzene rings is 1. The molecule has 1 aromatic carbocycles. The Hall–Kier alpha value is -2.18. The Bertz CT molecular complexity index is 564. The lowest BCUT2D eigenvalue weighted by atomic mass is 10.2. The van der Waals surface area contributed by atoms with Gasteiger partial charge in [-0.3, -0.25) is 16.0 Å². The molecule has 18 heavy (non-hydrogen) atoms. The molecule has 2 rings (SSSR count). The number of nitrogens with zero attached hydrogens (tertiary/aromatic N) is 2. The second-order valence-corrected chi connectivity index (χ2v) is 3.88. The Morgan fingerprint density at radius 3 is 2.56 bits per heavy atom. The van der Waals surface area contributed by atoms with Crippen LogP contribution in [0.3, 0.4) is 0 Å². The van der Waals surface area contributed by atoms with Crippen molar-refractivity contribution < 1.29 is 0 Å². The quantitative estimate of drug-likeness (QED) is 0.653. The van der Waals surface area contributed by atoms with Crippen LogP contribution in [-0.2, 0) is 6.54 Å². The van der Waals surface area contributed by atoms with Gasteiger partial charge in [0.2, 0.25) is 0 Å². The van der Waals surface area contributed by atoms with Crippen LogP contribution in [0, 0.1) is 0 Å². The van der Waals surface area contributed by atoms with E-state index in [0.717, 1.165) is 5.56 Å². The number of hydrogen-bond donors (Lipinski definition) is 3. The Morgan fingerprint density at radius 1 is 1.22 bits per heavy atom. The van der Waals surface area contributed by atoms with Gasteiger partial charge in [-0.1, -0.05) is 30.3 Å². The van der Waals surface area contributed by atoms with Crippen LogP contribution in [0.15, 0.2) is 47.4 Å². The predicted octanol–water partition coefficient (Wildman–Crippen LogP) is -0.0955. The van der Waals surface area contributed by atoms with Gasteiger partial charge in [-0.05, 0) is 11.6 Å². The summed E-state index contributed by atoms with van der Waals surface area (Å²) in [6.45, 7) is 0.488. The van der Waals surface area contributed by atoms with Crippen LogP contribution < -0.4 is 22.5 Å². The molecule has 0 spiro atoms. The smallest absolute Gasteiger partial charge is 0.342 e. The van der Waals surface area contributed by atoms with Crippen LogP contribution in [0.5, 0.6) is 0 Å². The zero-order chi connectivity index (χ0) is 13.0. The first-order valence-electron chi connectivity index (χ1n) is 5.54. The molecule has 0 aliphatic heterocycles. The first kappa shape index (κ1) is 12.3. The van der Waals surface area contributed by atoms with E-state index in [1.807, 2.05) is 30.3 Å². The molecule has 0 bridgehead atoms. The summed E-state index contributed by atoms with van der Waals surface area (Å²) in [6, 6.07) is 11.4. The van der Waals surface area contributed by atoms with Crippen LogP contribution in [0.1, 0.15) is 5.56 Å². The highest BCUT2D eigenvalue weighted by molar-refractivity contribution is 5.32. The van der Waals surface area contributed by atoms with Crippen molar-refractivity contribution in [2.24, 2.45) is 11.5 Å². The molecule has 0 aliphatic rings. The Balaban J connectivity index is 2.18. The summed E-state index contributed by atoms with van der Waals surface area (Å²) in [5.74, 6) is 0.374. The van der Waals surface area contributed by atoms with Gasteiger partial charge in [-0.15, -0.1) is 0 Å². The number of anilines is 1. The topological polar surface area (TPSA) is 99.0 Å². The molecule has 0 atom stereocenters. The van der Waals surface area contributed by atoms with Crippen molar-refractivity contribution in [3.8, 4) is 0 Å². The van der Waals surface area contributed by atoms with E-state index in [0.29, 0.717) is 12.4 Å². The minimum Gasteiger partial charge on any atom is -0.342 e. The lowest BCUT2D eigenvalue weighted by Crippen LogP contribution is -2.39. The molecule has 6 nitrogen and oxygen atoms in total. The van der Waals surface area contributed by atoms with Gasteiger partial charge in [0.25, 0.3) is 0 Å². The van der Waals surface area contributed by atoms with Crippen LogP contribution in [-0.4, -0.2) is 15.8 Å². The van der Waals surface area contributed by atoms with Gasteiger partial charge in [0, 0.05) is 6.20 Å². The third-order valence-electron chi connectivity index (χ3n) is 2.38. The van der Waals surface area contributed by atoms with Gasteiger partial charge in [0.1, 0.15) is 12.1 Å². The van der Waals surface area contributed by atoms with E-state index in [9.17, 15) is 4.79 Å². The van der Waals surface area contributed by atoms with Crippen molar-refractivity contribution >= 4 is 5.82 Å². The van der Waals surface area contributed by atoms with Gasteiger partial charge < -0.3 is 5.32 Å². The third kappa shape index (κ3) is 3.16. The second-order valence-electron chi connectivity index (χ2n) is 3.88. The SMILES string of the molecule is NC(N)Nc1ccn(Cc2ccccc2)c(=O)n1. The lowest BCUT2D eigenvalue weighted by Gasteiger charge is -2.10. The fraction of sp³-hybridized carbons (Fsp3) is 0.167. The lowest BCUT2D eigenvalue weighted by molar-refractivity contribution is 0.720. The molecule has 1 heterocycles. The van der Waals surface area contributed by atoms with Gasteiger partial charge in [-0.25, -0.2) is 4.79 Å². The monoisotopic (exact) mass is 245 g/mol. The van der Waals surface area contributed by atoms with E-state index < -0.39 is 6.29 Å².